The number of nitrogens with zero attached hydrogens (tertiary/aromatic N) is 4. The maximum atomic E-state index is 5.28. The molecule has 4 heteroatoms. The zero-order valence-electron chi connectivity index (χ0n) is 43.7. The summed E-state index contributed by atoms with van der Waals surface area (Å²) in [6.07, 6.45) is 5.82. The van der Waals surface area contributed by atoms with Gasteiger partial charge in [0.1, 0.15) is 0 Å². The van der Waals surface area contributed by atoms with Gasteiger partial charge in [0.05, 0.1) is 27.8 Å². The van der Waals surface area contributed by atoms with Gasteiger partial charge >= 0.3 is 0 Å². The topological polar surface area (TPSA) is 35.6 Å². The van der Waals surface area contributed by atoms with E-state index in [4.69, 9.17) is 4.98 Å². The van der Waals surface area contributed by atoms with Gasteiger partial charge in [-0.3, -0.25) is 9.97 Å². The van der Waals surface area contributed by atoms with E-state index in [-0.39, 0.29) is 0 Å². The highest BCUT2D eigenvalue weighted by Gasteiger charge is 2.22. The molecule has 15 rings (SSSR count). The Labute approximate surface area is 464 Å². The van der Waals surface area contributed by atoms with Crippen LogP contribution in [0, 0.1) is 0 Å². The molecule has 11 aromatic carbocycles. The van der Waals surface area contributed by atoms with Crippen molar-refractivity contribution in [2.45, 2.75) is 0 Å². The maximum absolute atomic E-state index is 5.28. The molecular formula is C76H50N4. The second-order valence-corrected chi connectivity index (χ2v) is 20.5. The number of hydrogen-bond acceptors (Lipinski definition) is 2. The summed E-state index contributed by atoms with van der Waals surface area (Å²) >= 11 is 0. The summed E-state index contributed by atoms with van der Waals surface area (Å²) in [7, 11) is 0. The SMILES string of the molecule is c1ccc(-c2cccc3c2c2c(-c4ccccc4)cccc2n3-c2ccc(-c3cc(-c4cccc(-c5cccnc5)c4)c(-c4ccc(-n5c6cccc(-c7ccccc7)c6c6c(-c7ccccc7)cccc65)cc4)cn3)cc2)cc1. The lowest BCUT2D eigenvalue weighted by atomic mass is 9.92. The number of pyridine rings is 2. The van der Waals surface area contributed by atoms with Crippen LogP contribution in [0.4, 0.5) is 0 Å². The molecule has 0 aliphatic heterocycles. The molecule has 0 aliphatic carbocycles. The van der Waals surface area contributed by atoms with E-state index in [0.717, 1.165) is 78.1 Å². The average molecular weight is 1020 g/mol. The molecule has 0 atom stereocenters. The first-order valence-corrected chi connectivity index (χ1v) is 27.3. The Bertz CT molecular complexity index is 4560. The van der Waals surface area contributed by atoms with Crippen molar-refractivity contribution in [2.24, 2.45) is 0 Å². The van der Waals surface area contributed by atoms with Crippen molar-refractivity contribution in [3.05, 3.63) is 304 Å². The van der Waals surface area contributed by atoms with Crippen LogP contribution in [0.3, 0.4) is 0 Å². The third kappa shape index (κ3) is 8.01. The highest BCUT2D eigenvalue weighted by molar-refractivity contribution is 6.22. The molecule has 0 aliphatic rings. The predicted molar refractivity (Wildman–Crippen MR) is 334 cm³/mol. The fourth-order valence-electron chi connectivity index (χ4n) is 12.3. The van der Waals surface area contributed by atoms with Crippen molar-refractivity contribution >= 4 is 43.6 Å². The van der Waals surface area contributed by atoms with Gasteiger partial charge in [0.25, 0.3) is 0 Å². The number of hydrogen-bond donors (Lipinski definition) is 0. The van der Waals surface area contributed by atoms with Gasteiger partial charge in [-0.2, -0.15) is 0 Å². The third-order valence-corrected chi connectivity index (χ3v) is 15.9. The third-order valence-electron chi connectivity index (χ3n) is 15.9. The lowest BCUT2D eigenvalue weighted by molar-refractivity contribution is 1.18. The maximum Gasteiger partial charge on any atom is 0.0708 e. The summed E-state index contributed by atoms with van der Waals surface area (Å²) in [6, 6.07) is 103. The van der Waals surface area contributed by atoms with Crippen LogP contribution in [0.2, 0.25) is 0 Å². The molecule has 0 spiro atoms. The van der Waals surface area contributed by atoms with Crippen molar-refractivity contribution in [3.8, 4) is 101 Å². The molecule has 80 heavy (non-hydrogen) atoms. The van der Waals surface area contributed by atoms with Crippen LogP contribution in [0.1, 0.15) is 0 Å². The molecule has 4 aromatic heterocycles. The Kier molecular flexibility index (Phi) is 11.5. The highest BCUT2D eigenvalue weighted by atomic mass is 15.0. The molecule has 4 heterocycles. The Morgan fingerprint density at radius 1 is 0.225 bits per heavy atom. The van der Waals surface area contributed by atoms with Crippen LogP contribution in [0.15, 0.2) is 304 Å². The first kappa shape index (κ1) is 46.6. The Morgan fingerprint density at radius 3 is 1.00 bits per heavy atom. The standard InChI is InChI=1S/C76H50N4/c1-5-19-51(20-6-1)62-30-14-34-69-73(62)74-63(52-21-7-2-8-22-52)31-15-35-70(74)79(69)60-42-38-55(39-43-60)67-50-78-68(48-66(67)58-28-13-27-57(47-58)59-29-18-46-77-49-59)56-40-44-61(45-41-56)80-71-36-16-32-64(53-23-9-3-10-24-53)75(71)76-65(33-17-37-72(76)80)54-25-11-4-12-26-54/h1-50H. The molecule has 0 fully saturated rings. The molecule has 374 valence electrons. The summed E-state index contributed by atoms with van der Waals surface area (Å²) in [4.78, 5) is 9.75. The molecule has 0 saturated heterocycles. The van der Waals surface area contributed by atoms with Gasteiger partial charge in [0, 0.05) is 68.2 Å². The zero-order chi connectivity index (χ0) is 52.9. The molecule has 0 radical (unpaired) electrons. The van der Waals surface area contributed by atoms with E-state index in [1.807, 2.05) is 18.5 Å². The van der Waals surface area contributed by atoms with Crippen LogP contribution in [-0.2, 0) is 0 Å². The van der Waals surface area contributed by atoms with Crippen molar-refractivity contribution in [3.63, 3.8) is 0 Å². The van der Waals surface area contributed by atoms with Gasteiger partial charge in [0.2, 0.25) is 0 Å². The van der Waals surface area contributed by atoms with Crippen LogP contribution >= 0.6 is 0 Å². The summed E-state index contributed by atoms with van der Waals surface area (Å²) in [5.41, 5.74) is 24.9. The minimum Gasteiger partial charge on any atom is -0.309 e. The minimum absolute atomic E-state index is 0.896. The molecule has 4 nitrogen and oxygen atoms in total. The van der Waals surface area contributed by atoms with Crippen molar-refractivity contribution in [1.29, 1.82) is 0 Å². The fraction of sp³-hybridized carbons (Fsp3) is 0. The van der Waals surface area contributed by atoms with Crippen molar-refractivity contribution < 1.29 is 0 Å². The van der Waals surface area contributed by atoms with Gasteiger partial charge in [-0.1, -0.05) is 218 Å². The number of rotatable bonds is 10. The first-order chi connectivity index (χ1) is 39.7. The Balaban J connectivity index is 0.861. The largest absolute Gasteiger partial charge is 0.309 e. The predicted octanol–water partition coefficient (Wildman–Crippen LogP) is 20.0. The van der Waals surface area contributed by atoms with Gasteiger partial charge < -0.3 is 9.13 Å². The Hall–Kier alpha value is -10.7. The summed E-state index contributed by atoms with van der Waals surface area (Å²) in [5.74, 6) is 0. The van der Waals surface area contributed by atoms with E-state index in [2.05, 4.69) is 299 Å². The molecular weight excluding hydrogens is 969 g/mol. The highest BCUT2D eigenvalue weighted by Crippen LogP contribution is 2.46. The quantitative estimate of drug-likeness (QED) is 0.137. The second kappa shape index (κ2) is 19.7. The van der Waals surface area contributed by atoms with E-state index in [1.54, 1.807) is 0 Å². The number of fused-ring (bicyclic) bond motifs is 6. The molecule has 0 unspecified atom stereocenters. The van der Waals surface area contributed by atoms with E-state index in [1.165, 1.54) is 66.1 Å². The van der Waals surface area contributed by atoms with Crippen LogP contribution in [0.25, 0.3) is 144 Å². The number of benzene rings is 11. The molecule has 0 bridgehead atoms. The normalized spacial score (nSPS) is 11.5. The average Bonchev–Trinajstić information content (AvgIpc) is 4.14. The minimum atomic E-state index is 0.896. The van der Waals surface area contributed by atoms with Crippen LogP contribution < -0.4 is 0 Å². The Morgan fingerprint density at radius 2 is 0.588 bits per heavy atom. The van der Waals surface area contributed by atoms with Gasteiger partial charge in [-0.25, -0.2) is 0 Å². The smallest absolute Gasteiger partial charge is 0.0708 e. The zero-order valence-corrected chi connectivity index (χ0v) is 43.7. The van der Waals surface area contributed by atoms with E-state index < -0.39 is 0 Å². The molecule has 0 N–H and O–H groups in total. The molecule has 0 saturated carbocycles. The number of aromatic nitrogens is 4. The lowest BCUT2D eigenvalue weighted by Crippen LogP contribution is -1.96. The molecule has 0 amide bonds. The van der Waals surface area contributed by atoms with Gasteiger partial charge in [0.15, 0.2) is 0 Å². The summed E-state index contributed by atoms with van der Waals surface area (Å²) < 4.78 is 4.85. The molecule has 15 aromatic rings. The van der Waals surface area contributed by atoms with E-state index in [0.29, 0.717) is 0 Å². The van der Waals surface area contributed by atoms with Crippen molar-refractivity contribution in [1.82, 2.24) is 19.1 Å². The van der Waals surface area contributed by atoms with E-state index in [9.17, 15) is 0 Å². The lowest BCUT2D eigenvalue weighted by Gasteiger charge is -2.15. The van der Waals surface area contributed by atoms with Gasteiger partial charge in [-0.15, -0.1) is 0 Å². The monoisotopic (exact) mass is 1020 g/mol. The summed E-state index contributed by atoms with van der Waals surface area (Å²) in [6.45, 7) is 0. The summed E-state index contributed by atoms with van der Waals surface area (Å²) in [5, 5.41) is 4.96. The van der Waals surface area contributed by atoms with Crippen molar-refractivity contribution in [2.75, 3.05) is 0 Å². The van der Waals surface area contributed by atoms with E-state index >= 15 is 0 Å². The fourth-order valence-corrected chi connectivity index (χ4v) is 12.3. The van der Waals surface area contributed by atoms with Crippen LogP contribution in [-0.4, -0.2) is 19.1 Å². The van der Waals surface area contributed by atoms with Gasteiger partial charge in [-0.05, 0) is 133 Å². The van der Waals surface area contributed by atoms with Crippen LogP contribution in [0.5, 0.6) is 0 Å². The second-order valence-electron chi connectivity index (χ2n) is 20.5. The first-order valence-electron chi connectivity index (χ1n) is 27.3.